The Bertz CT molecular complexity index is 1230. The van der Waals surface area contributed by atoms with Gasteiger partial charge in [-0.1, -0.05) is 54.6 Å². The summed E-state index contributed by atoms with van der Waals surface area (Å²) < 4.78 is 10.2. The van der Waals surface area contributed by atoms with Crippen LogP contribution in [-0.2, 0) is 4.74 Å². The summed E-state index contributed by atoms with van der Waals surface area (Å²) in [4.78, 5) is 25.4. The molecule has 0 atom stereocenters. The number of nitrogens with one attached hydrogen (secondary N) is 1. The van der Waals surface area contributed by atoms with Gasteiger partial charge in [-0.05, 0) is 41.0 Å². The van der Waals surface area contributed by atoms with E-state index in [-0.39, 0.29) is 5.91 Å². The van der Waals surface area contributed by atoms with Crippen molar-refractivity contribution in [1.29, 1.82) is 0 Å². The SMILES string of the molecule is COC(=O)c1c(-c2ccc(OC)cc2)csc1NC(=O)c1ccc(-c2ccccc2)cc1. The van der Waals surface area contributed by atoms with E-state index in [9.17, 15) is 9.59 Å². The van der Waals surface area contributed by atoms with Gasteiger partial charge < -0.3 is 14.8 Å². The van der Waals surface area contributed by atoms with Crippen LogP contribution >= 0.6 is 11.3 Å². The highest BCUT2D eigenvalue weighted by atomic mass is 32.1. The van der Waals surface area contributed by atoms with Crippen LogP contribution in [0.4, 0.5) is 5.00 Å². The zero-order chi connectivity index (χ0) is 22.5. The van der Waals surface area contributed by atoms with Gasteiger partial charge in [-0.2, -0.15) is 0 Å². The smallest absolute Gasteiger partial charge is 0.341 e. The molecule has 1 N–H and O–H groups in total. The first-order chi connectivity index (χ1) is 15.6. The predicted molar refractivity (Wildman–Crippen MR) is 127 cm³/mol. The van der Waals surface area contributed by atoms with Gasteiger partial charge in [0.2, 0.25) is 0 Å². The number of carbonyl (C=O) groups excluding carboxylic acids is 2. The van der Waals surface area contributed by atoms with Crippen LogP contribution in [-0.4, -0.2) is 26.1 Å². The number of thiophene rings is 1. The molecule has 32 heavy (non-hydrogen) atoms. The number of ether oxygens (including phenoxy) is 2. The number of methoxy groups -OCH3 is 2. The Kier molecular flexibility index (Phi) is 6.33. The third-order valence-corrected chi connectivity index (χ3v) is 5.96. The molecule has 5 nitrogen and oxygen atoms in total. The van der Waals surface area contributed by atoms with E-state index in [2.05, 4.69) is 5.32 Å². The Morgan fingerprint density at radius 3 is 2.03 bits per heavy atom. The van der Waals surface area contributed by atoms with Gasteiger partial charge in [-0.25, -0.2) is 4.79 Å². The lowest BCUT2D eigenvalue weighted by molar-refractivity contribution is 0.0603. The number of hydrogen-bond donors (Lipinski definition) is 1. The molecule has 0 saturated carbocycles. The summed E-state index contributed by atoms with van der Waals surface area (Å²) in [5, 5.41) is 5.15. The van der Waals surface area contributed by atoms with Crippen LogP contribution < -0.4 is 10.1 Å². The summed E-state index contributed by atoms with van der Waals surface area (Å²) in [6, 6.07) is 24.7. The van der Waals surface area contributed by atoms with E-state index >= 15 is 0 Å². The van der Waals surface area contributed by atoms with Crippen molar-refractivity contribution in [3.8, 4) is 28.0 Å². The average molecular weight is 444 g/mol. The molecule has 3 aromatic carbocycles. The molecular weight excluding hydrogens is 422 g/mol. The van der Waals surface area contributed by atoms with Crippen molar-refractivity contribution in [3.63, 3.8) is 0 Å². The summed E-state index contributed by atoms with van der Waals surface area (Å²) in [7, 11) is 2.92. The van der Waals surface area contributed by atoms with Crippen molar-refractivity contribution in [1.82, 2.24) is 0 Å². The molecule has 0 aliphatic carbocycles. The van der Waals surface area contributed by atoms with Crippen LogP contribution in [0.25, 0.3) is 22.3 Å². The molecule has 0 saturated heterocycles. The topological polar surface area (TPSA) is 64.6 Å². The Balaban J connectivity index is 1.60. The average Bonchev–Trinajstić information content (AvgIpc) is 3.27. The quantitative estimate of drug-likeness (QED) is 0.364. The van der Waals surface area contributed by atoms with E-state index in [1.807, 2.05) is 72.1 Å². The molecule has 0 bridgehead atoms. The van der Waals surface area contributed by atoms with Crippen molar-refractivity contribution >= 4 is 28.2 Å². The van der Waals surface area contributed by atoms with Crippen LogP contribution in [0.2, 0.25) is 0 Å². The molecule has 0 unspecified atom stereocenters. The Hall–Kier alpha value is -3.90. The lowest BCUT2D eigenvalue weighted by Gasteiger charge is -2.09. The molecule has 4 rings (SSSR count). The third kappa shape index (κ3) is 4.40. The number of carbonyl (C=O) groups is 2. The number of hydrogen-bond acceptors (Lipinski definition) is 5. The van der Waals surface area contributed by atoms with E-state index in [1.54, 1.807) is 19.2 Å². The van der Waals surface area contributed by atoms with E-state index in [4.69, 9.17) is 9.47 Å². The van der Waals surface area contributed by atoms with Crippen molar-refractivity contribution in [2.45, 2.75) is 0 Å². The van der Waals surface area contributed by atoms with Gasteiger partial charge in [-0.15, -0.1) is 11.3 Å². The molecule has 0 fully saturated rings. The van der Waals surface area contributed by atoms with E-state index in [0.717, 1.165) is 22.4 Å². The third-order valence-electron chi connectivity index (χ3n) is 5.06. The second kappa shape index (κ2) is 9.49. The molecule has 4 aromatic rings. The molecule has 1 amide bonds. The lowest BCUT2D eigenvalue weighted by Crippen LogP contribution is -2.14. The van der Waals surface area contributed by atoms with Crippen LogP contribution in [0.1, 0.15) is 20.7 Å². The summed E-state index contributed by atoms with van der Waals surface area (Å²) in [5.41, 5.74) is 4.45. The highest BCUT2D eigenvalue weighted by Crippen LogP contribution is 2.37. The number of benzene rings is 3. The van der Waals surface area contributed by atoms with Crippen molar-refractivity contribution in [2.24, 2.45) is 0 Å². The molecule has 1 heterocycles. The van der Waals surface area contributed by atoms with Crippen LogP contribution in [0.5, 0.6) is 5.75 Å². The summed E-state index contributed by atoms with van der Waals surface area (Å²) in [6.07, 6.45) is 0. The van der Waals surface area contributed by atoms with Gasteiger partial charge in [0, 0.05) is 16.5 Å². The first-order valence-corrected chi connectivity index (χ1v) is 10.8. The van der Waals surface area contributed by atoms with Gasteiger partial charge >= 0.3 is 5.97 Å². The van der Waals surface area contributed by atoms with Crippen molar-refractivity contribution < 1.29 is 19.1 Å². The van der Waals surface area contributed by atoms with E-state index < -0.39 is 5.97 Å². The zero-order valence-corrected chi connectivity index (χ0v) is 18.4. The fraction of sp³-hybridized carbons (Fsp3) is 0.0769. The maximum Gasteiger partial charge on any atom is 0.341 e. The van der Waals surface area contributed by atoms with Crippen molar-refractivity contribution in [3.05, 3.63) is 95.4 Å². The lowest BCUT2D eigenvalue weighted by atomic mass is 10.0. The fourth-order valence-corrected chi connectivity index (χ4v) is 4.31. The van der Waals surface area contributed by atoms with E-state index in [1.165, 1.54) is 18.4 Å². The molecular formula is C26H21NO4S. The van der Waals surface area contributed by atoms with Gasteiger partial charge in [0.25, 0.3) is 5.91 Å². The minimum absolute atomic E-state index is 0.294. The summed E-state index contributed by atoms with van der Waals surface area (Å²) in [6.45, 7) is 0. The van der Waals surface area contributed by atoms with Crippen molar-refractivity contribution in [2.75, 3.05) is 19.5 Å². The Morgan fingerprint density at radius 2 is 1.41 bits per heavy atom. The van der Waals surface area contributed by atoms with E-state index in [0.29, 0.717) is 21.7 Å². The molecule has 1 aromatic heterocycles. The summed E-state index contributed by atoms with van der Waals surface area (Å²) in [5.74, 6) is -0.0826. The van der Waals surface area contributed by atoms with Crippen LogP contribution in [0, 0.1) is 0 Å². The molecule has 6 heteroatoms. The van der Waals surface area contributed by atoms with Crippen LogP contribution in [0.15, 0.2) is 84.2 Å². The Labute approximate surface area is 190 Å². The summed E-state index contributed by atoms with van der Waals surface area (Å²) >= 11 is 1.28. The second-order valence-corrected chi connectivity index (χ2v) is 7.85. The predicted octanol–water partition coefficient (Wildman–Crippen LogP) is 6.13. The number of anilines is 1. The minimum Gasteiger partial charge on any atom is -0.497 e. The first-order valence-electron chi connectivity index (χ1n) is 9.91. The molecule has 0 spiro atoms. The first kappa shape index (κ1) is 21.3. The maximum absolute atomic E-state index is 12.9. The fourth-order valence-electron chi connectivity index (χ4n) is 3.36. The van der Waals surface area contributed by atoms with Gasteiger partial charge in [0.05, 0.1) is 14.2 Å². The standard InChI is InChI=1S/C26H21NO4S/c1-30-21-14-12-19(13-15-21)22-16-32-25(23(22)26(29)31-2)27-24(28)20-10-8-18(9-11-20)17-6-4-3-5-7-17/h3-16H,1-2H3,(H,27,28). The Morgan fingerprint density at radius 1 is 0.781 bits per heavy atom. The molecule has 160 valence electrons. The number of amides is 1. The zero-order valence-electron chi connectivity index (χ0n) is 17.6. The largest absolute Gasteiger partial charge is 0.497 e. The molecule has 0 aliphatic rings. The highest BCUT2D eigenvalue weighted by molar-refractivity contribution is 7.15. The van der Waals surface area contributed by atoms with Gasteiger partial charge in [0.1, 0.15) is 16.3 Å². The molecule has 0 aliphatic heterocycles. The number of esters is 1. The monoisotopic (exact) mass is 443 g/mol. The normalized spacial score (nSPS) is 10.4. The second-order valence-electron chi connectivity index (χ2n) is 6.97. The highest BCUT2D eigenvalue weighted by Gasteiger charge is 2.22. The van der Waals surface area contributed by atoms with Gasteiger partial charge in [0.15, 0.2) is 0 Å². The molecule has 0 radical (unpaired) electrons. The maximum atomic E-state index is 12.9. The van der Waals surface area contributed by atoms with Crippen LogP contribution in [0.3, 0.4) is 0 Å². The minimum atomic E-state index is -0.508. The van der Waals surface area contributed by atoms with Gasteiger partial charge in [-0.3, -0.25) is 4.79 Å². The number of rotatable bonds is 6.